The molecule has 0 aliphatic heterocycles. The molecule has 29 heavy (non-hydrogen) atoms. The molecule has 0 aliphatic rings. The van der Waals surface area contributed by atoms with Crippen molar-refractivity contribution in [3.8, 4) is 22.8 Å². The lowest BCUT2D eigenvalue weighted by Crippen LogP contribution is -1.99. The van der Waals surface area contributed by atoms with Crippen LogP contribution in [0.3, 0.4) is 0 Å². The Hall–Kier alpha value is -2.57. The van der Waals surface area contributed by atoms with Crippen LogP contribution in [0, 0.1) is 13.8 Å². The Morgan fingerprint density at radius 1 is 1.07 bits per heavy atom. The quantitative estimate of drug-likeness (QED) is 0.346. The summed E-state index contributed by atoms with van der Waals surface area (Å²) in [4.78, 5) is 4.66. The Kier molecular flexibility index (Phi) is 5.74. The maximum Gasteiger partial charge on any atom is 0.226 e. The van der Waals surface area contributed by atoms with E-state index in [9.17, 15) is 0 Å². The molecule has 5 nitrogen and oxygen atoms in total. The van der Waals surface area contributed by atoms with Gasteiger partial charge in [0.25, 0.3) is 0 Å². The first-order chi connectivity index (χ1) is 14.0. The summed E-state index contributed by atoms with van der Waals surface area (Å²) in [6.07, 6.45) is 1.72. The van der Waals surface area contributed by atoms with Crippen LogP contribution in [0.5, 0.6) is 0 Å². The normalized spacial score (nSPS) is 11.2. The minimum absolute atomic E-state index is 0.650. The van der Waals surface area contributed by atoms with E-state index in [0.29, 0.717) is 16.7 Å². The van der Waals surface area contributed by atoms with Crippen molar-refractivity contribution in [2.45, 2.75) is 38.2 Å². The lowest BCUT2D eigenvalue weighted by atomic mass is 10.1. The van der Waals surface area contributed by atoms with Crippen LogP contribution < -0.4 is 0 Å². The Morgan fingerprint density at radius 3 is 2.59 bits per heavy atom. The van der Waals surface area contributed by atoms with Gasteiger partial charge in [0.2, 0.25) is 5.89 Å². The zero-order chi connectivity index (χ0) is 20.4. The second kappa shape index (κ2) is 8.43. The predicted octanol–water partition coefficient (Wildman–Crippen LogP) is 6.18. The molecule has 0 spiro atoms. The molecule has 0 bridgehead atoms. The van der Waals surface area contributed by atoms with E-state index in [1.54, 1.807) is 18.0 Å². The number of hydrogen-bond acceptors (Lipinski definition) is 5. The fraction of sp³-hybridized carbons (Fsp3) is 0.227. The number of thioether (sulfide) groups is 1. The molecule has 4 aromatic rings. The average molecular weight is 425 g/mol. The molecule has 2 aromatic heterocycles. The first-order valence-corrected chi connectivity index (χ1v) is 10.8. The molecule has 0 atom stereocenters. The average Bonchev–Trinajstić information content (AvgIpc) is 3.33. The molecule has 0 saturated carbocycles. The molecular formula is C22H21ClN4OS. The SMILES string of the molecule is CCn1c(SCc2coc(-c3ccc(C)cc3C)n2)nnc1-c1ccc(Cl)cc1. The number of hydrogen-bond donors (Lipinski definition) is 0. The number of oxazole rings is 1. The zero-order valence-electron chi connectivity index (χ0n) is 16.5. The molecule has 0 saturated heterocycles. The third-order valence-corrected chi connectivity index (χ3v) is 5.90. The summed E-state index contributed by atoms with van der Waals surface area (Å²) >= 11 is 7.60. The van der Waals surface area contributed by atoms with Gasteiger partial charge in [0.15, 0.2) is 11.0 Å². The molecular weight excluding hydrogens is 404 g/mol. The van der Waals surface area contributed by atoms with Crippen LogP contribution >= 0.6 is 23.4 Å². The fourth-order valence-corrected chi connectivity index (χ4v) is 4.19. The molecule has 7 heteroatoms. The third-order valence-electron chi connectivity index (χ3n) is 4.65. The highest BCUT2D eigenvalue weighted by Gasteiger charge is 2.15. The minimum atomic E-state index is 0.650. The van der Waals surface area contributed by atoms with E-state index in [1.807, 2.05) is 24.3 Å². The molecule has 0 radical (unpaired) electrons. The number of benzene rings is 2. The van der Waals surface area contributed by atoms with Crippen molar-refractivity contribution in [2.24, 2.45) is 0 Å². The summed E-state index contributed by atoms with van der Waals surface area (Å²) in [6, 6.07) is 13.9. The van der Waals surface area contributed by atoms with Crippen LogP contribution in [0.2, 0.25) is 5.02 Å². The van der Waals surface area contributed by atoms with Crippen LogP contribution in [0.1, 0.15) is 23.7 Å². The largest absolute Gasteiger partial charge is 0.444 e. The zero-order valence-corrected chi connectivity index (χ0v) is 18.1. The molecule has 2 heterocycles. The highest BCUT2D eigenvalue weighted by atomic mass is 35.5. The van der Waals surface area contributed by atoms with Crippen molar-refractivity contribution >= 4 is 23.4 Å². The number of halogens is 1. The molecule has 2 aromatic carbocycles. The van der Waals surface area contributed by atoms with Crippen LogP contribution in [-0.4, -0.2) is 19.7 Å². The van der Waals surface area contributed by atoms with Crippen LogP contribution in [0.25, 0.3) is 22.8 Å². The van der Waals surface area contributed by atoms with Gasteiger partial charge in [-0.1, -0.05) is 41.1 Å². The van der Waals surface area contributed by atoms with Gasteiger partial charge in [0.05, 0.1) is 5.69 Å². The van der Waals surface area contributed by atoms with Crippen molar-refractivity contribution in [3.63, 3.8) is 0 Å². The summed E-state index contributed by atoms with van der Waals surface area (Å²) in [6.45, 7) is 7.01. The molecule has 4 rings (SSSR count). The predicted molar refractivity (Wildman–Crippen MR) is 117 cm³/mol. The Labute approximate surface area is 179 Å². The Balaban J connectivity index is 1.51. The maximum absolute atomic E-state index is 6.00. The van der Waals surface area contributed by atoms with Gasteiger partial charge in [-0.15, -0.1) is 10.2 Å². The lowest BCUT2D eigenvalue weighted by Gasteiger charge is -2.06. The Bertz CT molecular complexity index is 1130. The van der Waals surface area contributed by atoms with E-state index in [4.69, 9.17) is 16.0 Å². The minimum Gasteiger partial charge on any atom is -0.444 e. The first kappa shape index (κ1) is 19.7. The highest BCUT2D eigenvalue weighted by molar-refractivity contribution is 7.98. The Morgan fingerprint density at radius 2 is 1.86 bits per heavy atom. The fourth-order valence-electron chi connectivity index (χ4n) is 3.18. The van der Waals surface area contributed by atoms with E-state index in [0.717, 1.165) is 39.9 Å². The highest BCUT2D eigenvalue weighted by Crippen LogP contribution is 2.29. The van der Waals surface area contributed by atoms with E-state index in [-0.39, 0.29) is 0 Å². The van der Waals surface area contributed by atoms with Crippen LogP contribution in [0.15, 0.2) is 58.3 Å². The lowest BCUT2D eigenvalue weighted by molar-refractivity contribution is 0.573. The molecule has 0 fully saturated rings. The second-order valence-corrected chi connectivity index (χ2v) is 8.19. The first-order valence-electron chi connectivity index (χ1n) is 9.39. The van der Waals surface area contributed by atoms with Crippen LogP contribution in [0.4, 0.5) is 0 Å². The van der Waals surface area contributed by atoms with E-state index in [1.165, 1.54) is 5.56 Å². The number of rotatable bonds is 6. The molecule has 148 valence electrons. The monoisotopic (exact) mass is 424 g/mol. The molecule has 0 unspecified atom stereocenters. The van der Waals surface area contributed by atoms with Crippen LogP contribution in [-0.2, 0) is 12.3 Å². The van der Waals surface area contributed by atoms with Gasteiger partial charge in [0, 0.05) is 28.4 Å². The van der Waals surface area contributed by atoms with Gasteiger partial charge >= 0.3 is 0 Å². The number of nitrogens with zero attached hydrogens (tertiary/aromatic N) is 4. The van der Waals surface area contributed by atoms with Crippen molar-refractivity contribution in [1.82, 2.24) is 19.7 Å². The summed E-state index contributed by atoms with van der Waals surface area (Å²) in [5.41, 5.74) is 5.28. The topological polar surface area (TPSA) is 56.7 Å². The molecule has 0 aliphatic carbocycles. The van der Waals surface area contributed by atoms with Crippen molar-refractivity contribution in [1.29, 1.82) is 0 Å². The van der Waals surface area contributed by atoms with E-state index < -0.39 is 0 Å². The summed E-state index contributed by atoms with van der Waals surface area (Å²) in [5.74, 6) is 2.15. The van der Waals surface area contributed by atoms with Gasteiger partial charge in [-0.05, 0) is 56.7 Å². The smallest absolute Gasteiger partial charge is 0.226 e. The van der Waals surface area contributed by atoms with Gasteiger partial charge in [-0.25, -0.2) is 4.98 Å². The van der Waals surface area contributed by atoms with E-state index >= 15 is 0 Å². The number of aryl methyl sites for hydroxylation is 2. The van der Waals surface area contributed by atoms with Crippen molar-refractivity contribution < 1.29 is 4.42 Å². The summed E-state index contributed by atoms with van der Waals surface area (Å²) < 4.78 is 7.82. The summed E-state index contributed by atoms with van der Waals surface area (Å²) in [5, 5.41) is 10.3. The molecule has 0 amide bonds. The van der Waals surface area contributed by atoms with Crippen molar-refractivity contribution in [3.05, 3.63) is 70.6 Å². The van der Waals surface area contributed by atoms with Gasteiger partial charge < -0.3 is 8.98 Å². The van der Waals surface area contributed by atoms with Gasteiger partial charge in [-0.2, -0.15) is 0 Å². The maximum atomic E-state index is 6.00. The standard InChI is InChI=1S/C22H21ClN4OS/c1-4-27-20(16-6-8-17(23)9-7-16)25-26-22(27)29-13-18-12-28-21(24-18)19-10-5-14(2)11-15(19)3/h5-12H,4,13H2,1-3H3. The van der Waals surface area contributed by atoms with E-state index in [2.05, 4.69) is 58.7 Å². The third kappa shape index (κ3) is 4.23. The molecule has 0 N–H and O–H groups in total. The number of aromatic nitrogens is 4. The van der Waals surface area contributed by atoms with Crippen molar-refractivity contribution in [2.75, 3.05) is 0 Å². The van der Waals surface area contributed by atoms with Gasteiger partial charge in [-0.3, -0.25) is 0 Å². The van der Waals surface area contributed by atoms with Gasteiger partial charge in [0.1, 0.15) is 6.26 Å². The summed E-state index contributed by atoms with van der Waals surface area (Å²) in [7, 11) is 0. The second-order valence-electron chi connectivity index (χ2n) is 6.81.